The number of hydrogen-bond acceptors (Lipinski definition) is 5. The van der Waals surface area contributed by atoms with Crippen LogP contribution in [-0.4, -0.2) is 70.3 Å². The van der Waals surface area contributed by atoms with E-state index in [0.717, 1.165) is 62.3 Å². The zero-order valence-corrected chi connectivity index (χ0v) is 21.9. The van der Waals surface area contributed by atoms with Crippen molar-refractivity contribution in [2.45, 2.75) is 19.6 Å². The molecule has 0 amide bonds. The summed E-state index contributed by atoms with van der Waals surface area (Å²) in [6.07, 6.45) is 0. The van der Waals surface area contributed by atoms with Gasteiger partial charge in [-0.05, 0) is 35.9 Å². The van der Waals surface area contributed by atoms with E-state index in [4.69, 9.17) is 9.47 Å². The number of likely N-dealkylation sites (N-methyl/N-ethyl adjacent to an activating group) is 1. The quantitative estimate of drug-likeness (QED) is 0.298. The molecule has 1 aliphatic rings. The molecule has 8 heteroatoms. The molecule has 0 aliphatic carbocycles. The highest BCUT2D eigenvalue weighted by Crippen LogP contribution is 2.27. The molecule has 2 N–H and O–H groups in total. The summed E-state index contributed by atoms with van der Waals surface area (Å²) in [6.45, 7) is 6.97. The number of nitrogens with one attached hydrogen (secondary N) is 2. The summed E-state index contributed by atoms with van der Waals surface area (Å²) in [7, 11) is 7.26. The Balaban J connectivity index is 0.00000363. The molecule has 2 aromatic rings. The fourth-order valence-corrected chi connectivity index (χ4v) is 3.61. The highest BCUT2D eigenvalue weighted by atomic mass is 127. The van der Waals surface area contributed by atoms with E-state index in [0.29, 0.717) is 6.54 Å². The minimum Gasteiger partial charge on any atom is -0.493 e. The first-order valence-electron chi connectivity index (χ1n) is 10.8. The van der Waals surface area contributed by atoms with Crippen LogP contribution in [-0.2, 0) is 19.6 Å². The normalized spacial score (nSPS) is 15.1. The molecule has 0 saturated carbocycles. The van der Waals surface area contributed by atoms with Gasteiger partial charge < -0.3 is 25.0 Å². The third-order valence-corrected chi connectivity index (χ3v) is 5.62. The van der Waals surface area contributed by atoms with Gasteiger partial charge in [0.2, 0.25) is 0 Å². The van der Waals surface area contributed by atoms with Crippen molar-refractivity contribution in [3.8, 4) is 11.5 Å². The highest BCUT2D eigenvalue weighted by molar-refractivity contribution is 14.0. The van der Waals surface area contributed by atoms with Gasteiger partial charge in [0.1, 0.15) is 0 Å². The molecule has 3 rings (SSSR count). The number of nitrogens with zero attached hydrogens (tertiary/aromatic N) is 3. The van der Waals surface area contributed by atoms with Gasteiger partial charge in [0.05, 0.1) is 14.2 Å². The van der Waals surface area contributed by atoms with Crippen LogP contribution in [0.25, 0.3) is 0 Å². The van der Waals surface area contributed by atoms with E-state index in [1.165, 1.54) is 11.1 Å². The maximum Gasteiger partial charge on any atom is 0.191 e. The average Bonchev–Trinajstić information content (AvgIpc) is 2.81. The summed E-state index contributed by atoms with van der Waals surface area (Å²) in [6, 6.07) is 14.7. The lowest BCUT2D eigenvalue weighted by Crippen LogP contribution is -2.43. The molecule has 2 aromatic carbocycles. The van der Waals surface area contributed by atoms with Crippen molar-refractivity contribution in [2.24, 2.45) is 4.99 Å². The Hall–Kier alpha value is -2.04. The van der Waals surface area contributed by atoms with Gasteiger partial charge >= 0.3 is 0 Å². The molecule has 0 unspecified atom stereocenters. The maximum absolute atomic E-state index is 5.37. The van der Waals surface area contributed by atoms with Crippen LogP contribution < -0.4 is 20.1 Å². The molecule has 1 aliphatic heterocycles. The third kappa shape index (κ3) is 7.83. The van der Waals surface area contributed by atoms with Crippen molar-refractivity contribution in [3.63, 3.8) is 0 Å². The Morgan fingerprint density at radius 2 is 1.41 bits per heavy atom. The number of guanidine groups is 1. The Morgan fingerprint density at radius 3 is 2.00 bits per heavy atom. The molecule has 1 fully saturated rings. The minimum absolute atomic E-state index is 0. The van der Waals surface area contributed by atoms with Crippen LogP contribution in [0.1, 0.15) is 16.7 Å². The zero-order chi connectivity index (χ0) is 22.1. The van der Waals surface area contributed by atoms with Crippen LogP contribution in [0.5, 0.6) is 11.5 Å². The zero-order valence-electron chi connectivity index (χ0n) is 19.6. The second kappa shape index (κ2) is 13.5. The Labute approximate surface area is 209 Å². The molecule has 1 saturated heterocycles. The van der Waals surface area contributed by atoms with Gasteiger partial charge in [-0.3, -0.25) is 9.89 Å². The number of aliphatic imine (C=N–C) groups is 1. The average molecular weight is 553 g/mol. The van der Waals surface area contributed by atoms with Crippen molar-refractivity contribution in [1.82, 2.24) is 20.4 Å². The Kier molecular flexibility index (Phi) is 11.1. The smallest absolute Gasteiger partial charge is 0.191 e. The third-order valence-electron chi connectivity index (χ3n) is 5.62. The number of benzene rings is 2. The first-order chi connectivity index (χ1) is 15.1. The molecule has 1 heterocycles. The van der Waals surface area contributed by atoms with Crippen LogP contribution in [0, 0.1) is 0 Å². The number of methoxy groups -OCH3 is 2. The SMILES string of the molecule is CN=C(NCc1ccc(CN2CCN(C)CC2)cc1)NCc1ccc(OC)c(OC)c1.I. The summed E-state index contributed by atoms with van der Waals surface area (Å²) in [5, 5.41) is 6.73. The van der Waals surface area contributed by atoms with Crippen molar-refractivity contribution in [1.29, 1.82) is 0 Å². The molecular formula is C24H36IN5O2. The molecule has 0 radical (unpaired) electrons. The summed E-state index contributed by atoms with van der Waals surface area (Å²) in [5.74, 6) is 2.21. The molecule has 176 valence electrons. The lowest BCUT2D eigenvalue weighted by atomic mass is 10.1. The number of halogens is 1. The number of ether oxygens (including phenoxy) is 2. The molecule has 0 atom stereocenters. The van der Waals surface area contributed by atoms with Crippen LogP contribution >= 0.6 is 24.0 Å². The Bertz CT molecular complexity index is 852. The van der Waals surface area contributed by atoms with Crippen molar-refractivity contribution in [2.75, 3.05) is 54.5 Å². The fraction of sp³-hybridized carbons (Fsp3) is 0.458. The summed E-state index contributed by atoms with van der Waals surface area (Å²) in [5.41, 5.74) is 3.69. The molecular weight excluding hydrogens is 517 g/mol. The van der Waals surface area contributed by atoms with E-state index in [-0.39, 0.29) is 24.0 Å². The monoisotopic (exact) mass is 553 g/mol. The van der Waals surface area contributed by atoms with Crippen LogP contribution in [0.4, 0.5) is 0 Å². The highest BCUT2D eigenvalue weighted by Gasteiger charge is 2.13. The summed E-state index contributed by atoms with van der Waals surface area (Å²) < 4.78 is 10.7. The van der Waals surface area contributed by atoms with Gasteiger partial charge in [-0.2, -0.15) is 0 Å². The summed E-state index contributed by atoms with van der Waals surface area (Å²) >= 11 is 0. The van der Waals surface area contributed by atoms with E-state index >= 15 is 0 Å². The van der Waals surface area contributed by atoms with Crippen LogP contribution in [0.3, 0.4) is 0 Å². The fourth-order valence-electron chi connectivity index (χ4n) is 3.61. The number of hydrogen-bond donors (Lipinski definition) is 2. The maximum atomic E-state index is 5.37. The number of rotatable bonds is 8. The lowest BCUT2D eigenvalue weighted by molar-refractivity contribution is 0.148. The Morgan fingerprint density at radius 1 is 0.844 bits per heavy atom. The van der Waals surface area contributed by atoms with Gasteiger partial charge in [0, 0.05) is 52.9 Å². The second-order valence-electron chi connectivity index (χ2n) is 7.86. The van der Waals surface area contributed by atoms with E-state index in [9.17, 15) is 0 Å². The van der Waals surface area contributed by atoms with Crippen LogP contribution in [0.15, 0.2) is 47.5 Å². The first kappa shape index (κ1) is 26.2. The largest absolute Gasteiger partial charge is 0.493 e. The van der Waals surface area contributed by atoms with Crippen LogP contribution in [0.2, 0.25) is 0 Å². The van der Waals surface area contributed by atoms with Gasteiger partial charge in [0.15, 0.2) is 17.5 Å². The van der Waals surface area contributed by atoms with Gasteiger partial charge in [0.25, 0.3) is 0 Å². The molecule has 0 aromatic heterocycles. The second-order valence-corrected chi connectivity index (χ2v) is 7.86. The predicted molar refractivity (Wildman–Crippen MR) is 141 cm³/mol. The van der Waals surface area contributed by atoms with Gasteiger partial charge in [-0.25, -0.2) is 0 Å². The van der Waals surface area contributed by atoms with Crippen molar-refractivity contribution in [3.05, 3.63) is 59.2 Å². The van der Waals surface area contributed by atoms with Crippen molar-refractivity contribution < 1.29 is 9.47 Å². The minimum atomic E-state index is 0. The summed E-state index contributed by atoms with van der Waals surface area (Å²) in [4.78, 5) is 9.23. The number of piperazine rings is 1. The molecule has 0 spiro atoms. The predicted octanol–water partition coefficient (Wildman–Crippen LogP) is 2.93. The van der Waals surface area contributed by atoms with E-state index in [2.05, 4.69) is 56.7 Å². The van der Waals surface area contributed by atoms with Gasteiger partial charge in [-0.15, -0.1) is 24.0 Å². The molecule has 32 heavy (non-hydrogen) atoms. The van der Waals surface area contributed by atoms with E-state index in [1.807, 2.05) is 18.2 Å². The molecule has 0 bridgehead atoms. The standard InChI is InChI=1S/C24H35N5O2.HI/c1-25-24(27-17-21-9-10-22(30-3)23(15-21)31-4)26-16-19-5-7-20(8-6-19)18-29-13-11-28(2)12-14-29;/h5-10,15H,11-14,16-18H2,1-4H3,(H2,25,26,27);1H. The molecule has 7 nitrogen and oxygen atoms in total. The van der Waals surface area contributed by atoms with E-state index in [1.54, 1.807) is 21.3 Å². The van der Waals surface area contributed by atoms with Crippen molar-refractivity contribution >= 4 is 29.9 Å². The lowest BCUT2D eigenvalue weighted by Gasteiger charge is -2.32. The van der Waals surface area contributed by atoms with Gasteiger partial charge in [-0.1, -0.05) is 30.3 Å². The van der Waals surface area contributed by atoms with E-state index < -0.39 is 0 Å². The first-order valence-corrected chi connectivity index (χ1v) is 10.8. The topological polar surface area (TPSA) is 61.4 Å².